The second-order valence-corrected chi connectivity index (χ2v) is 5.13. The number of aromatic nitrogens is 2. The Morgan fingerprint density at radius 2 is 2.24 bits per heavy atom. The van der Waals surface area contributed by atoms with Gasteiger partial charge in [0.2, 0.25) is 11.0 Å². The Morgan fingerprint density at radius 3 is 2.90 bits per heavy atom. The number of hydrogen-bond donors (Lipinski definition) is 1. The number of Topliss-reactive ketones (excluding diaryl/α,β-unsaturated/α-hetero) is 1. The van der Waals surface area contributed by atoms with Crippen molar-refractivity contribution in [3.8, 4) is 0 Å². The molecule has 2 heterocycles. The maximum absolute atomic E-state index is 11.7. The first-order valence-corrected chi connectivity index (χ1v) is 7.24. The molecule has 1 N–H and O–H groups in total. The van der Waals surface area contributed by atoms with Crippen molar-refractivity contribution < 1.29 is 14.0 Å². The quantitative estimate of drug-likeness (QED) is 0.829. The fraction of sp³-hybridized carbons (Fsp3) is 0.286. The number of amides is 1. The molecule has 0 unspecified atom stereocenters. The molecule has 0 fully saturated rings. The monoisotopic (exact) mass is 305 g/mol. The van der Waals surface area contributed by atoms with Crippen LogP contribution in [-0.4, -0.2) is 21.0 Å². The summed E-state index contributed by atoms with van der Waals surface area (Å²) in [7, 11) is 0. The van der Waals surface area contributed by atoms with Gasteiger partial charge in [0.15, 0.2) is 5.82 Å². The van der Waals surface area contributed by atoms with Gasteiger partial charge < -0.3 is 4.42 Å². The number of nitrogens with zero attached hydrogens (tertiary/aromatic N) is 2. The summed E-state index contributed by atoms with van der Waals surface area (Å²) in [5, 5.41) is 2.96. The summed E-state index contributed by atoms with van der Waals surface area (Å²) >= 11 is 1.05. The van der Waals surface area contributed by atoms with E-state index in [1.807, 2.05) is 13.0 Å². The molecule has 0 aromatic carbocycles. The van der Waals surface area contributed by atoms with Gasteiger partial charge in [0.05, 0.1) is 6.42 Å². The van der Waals surface area contributed by atoms with Gasteiger partial charge in [-0.25, -0.2) is 4.98 Å². The summed E-state index contributed by atoms with van der Waals surface area (Å²) in [6, 6.07) is 3.68. The van der Waals surface area contributed by atoms with Gasteiger partial charge in [-0.05, 0) is 25.1 Å². The van der Waals surface area contributed by atoms with Crippen LogP contribution in [-0.2, 0) is 22.4 Å². The van der Waals surface area contributed by atoms with Crippen LogP contribution in [0.1, 0.15) is 31.2 Å². The van der Waals surface area contributed by atoms with Crippen molar-refractivity contribution in [2.45, 2.75) is 26.7 Å². The normalized spacial score (nSPS) is 11.0. The fourth-order valence-corrected chi connectivity index (χ4v) is 2.17. The van der Waals surface area contributed by atoms with E-state index < -0.39 is 0 Å². The largest absolute Gasteiger partial charge is 0.462 e. The van der Waals surface area contributed by atoms with Gasteiger partial charge in [0, 0.05) is 24.0 Å². The van der Waals surface area contributed by atoms with Crippen molar-refractivity contribution in [3.05, 3.63) is 35.6 Å². The van der Waals surface area contributed by atoms with Crippen molar-refractivity contribution in [1.29, 1.82) is 0 Å². The highest BCUT2D eigenvalue weighted by atomic mass is 32.1. The standard InChI is InChI=1S/C14H15N3O3S/c1-3-10-4-5-11(20-10)6-7-13(19)16-14-15-12(17-21-14)8-9(2)18/h4-7H,3,8H2,1-2H3,(H,15,16,17,19). The molecule has 0 atom stereocenters. The smallest absolute Gasteiger partial charge is 0.250 e. The predicted molar refractivity (Wildman–Crippen MR) is 80.0 cm³/mol. The predicted octanol–water partition coefficient (Wildman–Crippen LogP) is 2.48. The van der Waals surface area contributed by atoms with Gasteiger partial charge in [0.1, 0.15) is 17.3 Å². The zero-order valence-electron chi connectivity index (χ0n) is 11.8. The summed E-state index contributed by atoms with van der Waals surface area (Å²) in [5.74, 6) is 1.57. The topological polar surface area (TPSA) is 85.1 Å². The van der Waals surface area contributed by atoms with Crippen LogP contribution in [0.2, 0.25) is 0 Å². The third-order valence-corrected chi connectivity index (χ3v) is 3.20. The van der Waals surface area contributed by atoms with E-state index in [2.05, 4.69) is 14.7 Å². The Hall–Kier alpha value is -2.28. The zero-order valence-corrected chi connectivity index (χ0v) is 12.6. The number of aryl methyl sites for hydroxylation is 1. The van der Waals surface area contributed by atoms with E-state index in [1.165, 1.54) is 13.0 Å². The molecule has 0 spiro atoms. The summed E-state index contributed by atoms with van der Waals surface area (Å²) < 4.78 is 9.45. The van der Waals surface area contributed by atoms with Crippen molar-refractivity contribution in [2.75, 3.05) is 5.32 Å². The molecule has 0 saturated carbocycles. The van der Waals surface area contributed by atoms with Crippen LogP contribution in [0, 0.1) is 0 Å². The van der Waals surface area contributed by atoms with Crippen LogP contribution in [0.4, 0.5) is 5.13 Å². The van der Waals surface area contributed by atoms with Gasteiger partial charge in [-0.3, -0.25) is 14.9 Å². The number of anilines is 1. The number of hydrogen-bond acceptors (Lipinski definition) is 6. The Kier molecular flexibility index (Phi) is 4.99. The van der Waals surface area contributed by atoms with Crippen LogP contribution in [0.15, 0.2) is 22.6 Å². The molecule has 1 amide bonds. The highest BCUT2D eigenvalue weighted by molar-refractivity contribution is 7.09. The molecule has 6 nitrogen and oxygen atoms in total. The summed E-state index contributed by atoms with van der Waals surface area (Å²) in [4.78, 5) is 26.7. The Bertz CT molecular complexity index is 673. The minimum absolute atomic E-state index is 0.0184. The van der Waals surface area contributed by atoms with Crippen LogP contribution in [0.25, 0.3) is 6.08 Å². The van der Waals surface area contributed by atoms with E-state index in [0.29, 0.717) is 16.7 Å². The third-order valence-electron chi connectivity index (χ3n) is 2.54. The van der Waals surface area contributed by atoms with E-state index in [1.54, 1.807) is 12.1 Å². The average molecular weight is 305 g/mol. The first-order chi connectivity index (χ1) is 10.1. The first-order valence-electron chi connectivity index (χ1n) is 6.46. The van der Waals surface area contributed by atoms with E-state index in [-0.39, 0.29) is 18.1 Å². The number of nitrogens with one attached hydrogen (secondary N) is 1. The molecule has 2 rings (SSSR count). The minimum Gasteiger partial charge on any atom is -0.462 e. The minimum atomic E-state index is -0.324. The number of ketones is 1. The van der Waals surface area contributed by atoms with E-state index in [9.17, 15) is 9.59 Å². The number of rotatable bonds is 6. The van der Waals surface area contributed by atoms with Crippen LogP contribution in [0.5, 0.6) is 0 Å². The molecule has 0 aliphatic rings. The van der Waals surface area contributed by atoms with Gasteiger partial charge >= 0.3 is 0 Å². The maximum Gasteiger partial charge on any atom is 0.250 e. The van der Waals surface area contributed by atoms with E-state index in [0.717, 1.165) is 23.7 Å². The lowest BCUT2D eigenvalue weighted by Crippen LogP contribution is -2.07. The first kappa shape index (κ1) is 15.1. The molecule has 110 valence electrons. The lowest BCUT2D eigenvalue weighted by molar-refractivity contribution is -0.116. The van der Waals surface area contributed by atoms with Crippen molar-refractivity contribution in [1.82, 2.24) is 9.36 Å². The maximum atomic E-state index is 11.7. The molecule has 21 heavy (non-hydrogen) atoms. The molecule has 2 aromatic rings. The average Bonchev–Trinajstić information content (AvgIpc) is 3.05. The molecular weight excluding hydrogens is 290 g/mol. The van der Waals surface area contributed by atoms with E-state index >= 15 is 0 Å². The van der Waals surface area contributed by atoms with Gasteiger partial charge in [-0.2, -0.15) is 4.37 Å². The molecule has 0 saturated heterocycles. The third kappa shape index (κ3) is 4.64. The zero-order chi connectivity index (χ0) is 15.2. The van der Waals surface area contributed by atoms with Gasteiger partial charge in [0.25, 0.3) is 0 Å². The molecular formula is C14H15N3O3S. The molecule has 7 heteroatoms. The second-order valence-electron chi connectivity index (χ2n) is 4.37. The lowest BCUT2D eigenvalue weighted by Gasteiger charge is -1.94. The number of carbonyl (C=O) groups excluding carboxylic acids is 2. The van der Waals surface area contributed by atoms with Crippen molar-refractivity contribution in [3.63, 3.8) is 0 Å². The van der Waals surface area contributed by atoms with E-state index in [4.69, 9.17) is 4.42 Å². The Balaban J connectivity index is 1.91. The number of furan rings is 1. The fourth-order valence-electron chi connectivity index (χ4n) is 1.58. The second kappa shape index (κ2) is 6.94. The van der Waals surface area contributed by atoms with Gasteiger partial charge in [-0.15, -0.1) is 0 Å². The van der Waals surface area contributed by atoms with Crippen LogP contribution >= 0.6 is 11.5 Å². The molecule has 0 aliphatic carbocycles. The number of carbonyl (C=O) groups is 2. The summed E-state index contributed by atoms with van der Waals surface area (Å²) in [6.45, 7) is 3.46. The Labute approximate surface area is 126 Å². The molecule has 0 radical (unpaired) electrons. The Morgan fingerprint density at radius 1 is 1.43 bits per heavy atom. The summed E-state index contributed by atoms with van der Waals surface area (Å²) in [6.07, 6.45) is 3.94. The van der Waals surface area contributed by atoms with Crippen molar-refractivity contribution in [2.24, 2.45) is 0 Å². The van der Waals surface area contributed by atoms with Crippen LogP contribution in [0.3, 0.4) is 0 Å². The van der Waals surface area contributed by atoms with Crippen LogP contribution < -0.4 is 5.32 Å². The molecule has 0 bridgehead atoms. The highest BCUT2D eigenvalue weighted by Crippen LogP contribution is 2.13. The molecule has 0 aliphatic heterocycles. The highest BCUT2D eigenvalue weighted by Gasteiger charge is 2.08. The molecule has 2 aromatic heterocycles. The van der Waals surface area contributed by atoms with Crippen molar-refractivity contribution >= 4 is 34.4 Å². The lowest BCUT2D eigenvalue weighted by atomic mass is 10.3. The van der Waals surface area contributed by atoms with Gasteiger partial charge in [-0.1, -0.05) is 6.92 Å². The SMILES string of the molecule is CCc1ccc(C=CC(=O)Nc2nc(CC(C)=O)ns2)o1. The summed E-state index contributed by atoms with van der Waals surface area (Å²) in [5.41, 5.74) is 0.